The molecule has 0 radical (unpaired) electrons. The van der Waals surface area contributed by atoms with Crippen LogP contribution in [0.4, 0.5) is 0 Å². The smallest absolute Gasteiger partial charge is 0.309 e. The van der Waals surface area contributed by atoms with Crippen LogP contribution in [0.3, 0.4) is 0 Å². The fourth-order valence-corrected chi connectivity index (χ4v) is 5.10. The maximum absolute atomic E-state index is 13.0. The summed E-state index contributed by atoms with van der Waals surface area (Å²) in [6.07, 6.45) is 6.85. The minimum atomic E-state index is -0.919. The number of rotatable bonds is 13. The molecule has 0 spiro atoms. The molecule has 1 aromatic carbocycles. The van der Waals surface area contributed by atoms with Gasteiger partial charge in [-0.1, -0.05) is 62.4 Å². The third-order valence-electron chi connectivity index (χ3n) is 7.33. The van der Waals surface area contributed by atoms with Gasteiger partial charge in [0.05, 0.1) is 42.2 Å². The van der Waals surface area contributed by atoms with Crippen molar-refractivity contribution in [1.82, 2.24) is 10.6 Å². The molecule has 3 N–H and O–H groups in total. The Kier molecular flexibility index (Phi) is 11.1. The second-order valence-corrected chi connectivity index (χ2v) is 10.8. The third-order valence-corrected chi connectivity index (χ3v) is 7.33. The van der Waals surface area contributed by atoms with Crippen molar-refractivity contribution >= 4 is 17.8 Å². The zero-order valence-corrected chi connectivity index (χ0v) is 23.2. The molecule has 8 heteroatoms. The summed E-state index contributed by atoms with van der Waals surface area (Å²) in [5.41, 5.74) is 2.21. The van der Waals surface area contributed by atoms with Gasteiger partial charge in [-0.15, -0.1) is 13.2 Å². The Hall–Kier alpha value is -3.23. The van der Waals surface area contributed by atoms with Crippen molar-refractivity contribution in [3.63, 3.8) is 0 Å². The van der Waals surface area contributed by atoms with Crippen LogP contribution in [0.5, 0.6) is 0 Å². The first kappa shape index (κ1) is 30.3. The van der Waals surface area contributed by atoms with E-state index in [-0.39, 0.29) is 23.8 Å². The monoisotopic (exact) mass is 538 g/mol. The average Bonchev–Trinajstić information content (AvgIpc) is 3.53. The molecule has 2 heterocycles. The molecule has 0 saturated carbocycles. The number of carboxylic acids is 1. The van der Waals surface area contributed by atoms with Gasteiger partial charge in [-0.3, -0.25) is 14.4 Å². The molecule has 1 aromatic rings. The first-order valence-corrected chi connectivity index (χ1v) is 13.7. The Bertz CT molecular complexity index is 1050. The van der Waals surface area contributed by atoms with Crippen LogP contribution in [0.1, 0.15) is 50.7 Å². The number of hydrogen-bond acceptors (Lipinski definition) is 5. The standard InChI is InChI=1S/C31H42N2O6/c1-6-23-17-25(28(38-23)13-12-24-18-26(31(36)37)27(7-2)39-24)30(35)33-15-14-32-29(34)20(5)22-10-8-21(9-11-22)16-19(3)4/h6-13,19-20,23-28H,1-2,14-18H2,3-5H3,(H,32,34)(H,33,35)(H,36,37)/b13-12-. The van der Waals surface area contributed by atoms with Gasteiger partial charge in [-0.2, -0.15) is 0 Å². The Balaban J connectivity index is 1.47. The van der Waals surface area contributed by atoms with Gasteiger partial charge >= 0.3 is 5.97 Å². The second kappa shape index (κ2) is 14.2. The van der Waals surface area contributed by atoms with Gasteiger partial charge in [-0.05, 0) is 43.2 Å². The van der Waals surface area contributed by atoms with E-state index in [4.69, 9.17) is 9.47 Å². The van der Waals surface area contributed by atoms with E-state index >= 15 is 0 Å². The van der Waals surface area contributed by atoms with E-state index < -0.39 is 36.1 Å². The van der Waals surface area contributed by atoms with Crippen molar-refractivity contribution in [2.24, 2.45) is 17.8 Å². The van der Waals surface area contributed by atoms with Gasteiger partial charge in [0.1, 0.15) is 0 Å². The highest BCUT2D eigenvalue weighted by Gasteiger charge is 2.39. The molecule has 0 aromatic heterocycles. The molecule has 2 saturated heterocycles. The zero-order chi connectivity index (χ0) is 28.5. The summed E-state index contributed by atoms with van der Waals surface area (Å²) in [5, 5.41) is 15.2. The minimum Gasteiger partial charge on any atom is -0.481 e. The first-order chi connectivity index (χ1) is 18.6. The number of carboxylic acid groups (broad SMARTS) is 1. The van der Waals surface area contributed by atoms with Crippen LogP contribution in [-0.4, -0.2) is 60.4 Å². The summed E-state index contributed by atoms with van der Waals surface area (Å²) < 4.78 is 11.7. The molecule has 2 amide bonds. The van der Waals surface area contributed by atoms with Crippen LogP contribution in [-0.2, 0) is 30.3 Å². The van der Waals surface area contributed by atoms with Crippen LogP contribution in [0.2, 0.25) is 0 Å². The predicted octanol–water partition coefficient (Wildman–Crippen LogP) is 3.78. The lowest BCUT2D eigenvalue weighted by Gasteiger charge is -2.17. The molecular formula is C31H42N2O6. The van der Waals surface area contributed by atoms with E-state index in [0.29, 0.717) is 31.8 Å². The third kappa shape index (κ3) is 8.38. The van der Waals surface area contributed by atoms with Crippen LogP contribution in [0, 0.1) is 17.8 Å². The maximum atomic E-state index is 13.0. The highest BCUT2D eigenvalue weighted by molar-refractivity contribution is 5.83. The van der Waals surface area contributed by atoms with Gasteiger partial charge in [0.25, 0.3) is 0 Å². The summed E-state index contributed by atoms with van der Waals surface area (Å²) in [4.78, 5) is 37.1. The molecule has 2 aliphatic heterocycles. The number of ether oxygens (including phenoxy) is 2. The summed E-state index contributed by atoms with van der Waals surface area (Å²) >= 11 is 0. The molecule has 8 nitrogen and oxygen atoms in total. The van der Waals surface area contributed by atoms with Crippen LogP contribution >= 0.6 is 0 Å². The Labute approximate surface area is 231 Å². The van der Waals surface area contributed by atoms with Crippen molar-refractivity contribution in [3.05, 3.63) is 72.9 Å². The van der Waals surface area contributed by atoms with Crippen molar-refractivity contribution in [3.8, 4) is 0 Å². The highest BCUT2D eigenvalue weighted by atomic mass is 16.5. The number of nitrogens with one attached hydrogen (secondary N) is 2. The summed E-state index contributed by atoms with van der Waals surface area (Å²) in [6, 6.07) is 8.16. The lowest BCUT2D eigenvalue weighted by atomic mass is 9.96. The SMILES string of the molecule is C=CC1CC(C(=O)NCCNC(=O)C(C)c2ccc(CC(C)C)cc2)C(/C=C\C2CC(C(=O)O)C(C=C)O2)O1. The highest BCUT2D eigenvalue weighted by Crippen LogP contribution is 2.31. The lowest BCUT2D eigenvalue weighted by molar-refractivity contribution is -0.142. The Morgan fingerprint density at radius 2 is 1.56 bits per heavy atom. The molecule has 7 atom stereocenters. The van der Waals surface area contributed by atoms with Crippen LogP contribution < -0.4 is 10.6 Å². The number of aliphatic carboxylic acids is 1. The maximum Gasteiger partial charge on any atom is 0.309 e. The fraction of sp³-hybridized carbons (Fsp3) is 0.516. The molecule has 2 aliphatic rings. The molecule has 7 unspecified atom stereocenters. The normalized spacial score (nSPS) is 27.4. The van der Waals surface area contributed by atoms with E-state index in [1.165, 1.54) is 11.6 Å². The molecular weight excluding hydrogens is 496 g/mol. The van der Waals surface area contributed by atoms with Crippen LogP contribution in [0.25, 0.3) is 0 Å². The number of hydrogen-bond donors (Lipinski definition) is 3. The van der Waals surface area contributed by atoms with E-state index in [9.17, 15) is 19.5 Å². The quantitative estimate of drug-likeness (QED) is 0.260. The molecule has 0 aliphatic carbocycles. The van der Waals surface area contributed by atoms with E-state index in [1.807, 2.05) is 19.1 Å². The lowest BCUT2D eigenvalue weighted by Crippen LogP contribution is -2.40. The number of amides is 2. The topological polar surface area (TPSA) is 114 Å². The largest absolute Gasteiger partial charge is 0.481 e. The number of carbonyl (C=O) groups is 3. The average molecular weight is 539 g/mol. The summed E-state index contributed by atoms with van der Waals surface area (Å²) in [5.74, 6) is -1.98. The zero-order valence-electron chi connectivity index (χ0n) is 23.2. The van der Waals surface area contributed by atoms with Crippen molar-refractivity contribution in [1.29, 1.82) is 0 Å². The van der Waals surface area contributed by atoms with E-state index in [0.717, 1.165) is 12.0 Å². The van der Waals surface area contributed by atoms with Gasteiger partial charge < -0.3 is 25.2 Å². The fourth-order valence-electron chi connectivity index (χ4n) is 5.10. The number of benzene rings is 1. The first-order valence-electron chi connectivity index (χ1n) is 13.7. The van der Waals surface area contributed by atoms with Crippen molar-refractivity contribution < 1.29 is 29.0 Å². The van der Waals surface area contributed by atoms with E-state index in [1.54, 1.807) is 18.2 Å². The Morgan fingerprint density at radius 3 is 2.15 bits per heavy atom. The molecule has 0 bridgehead atoms. The van der Waals surface area contributed by atoms with Gasteiger partial charge in [-0.25, -0.2) is 0 Å². The number of carbonyl (C=O) groups excluding carboxylic acids is 2. The van der Waals surface area contributed by atoms with Crippen molar-refractivity contribution in [2.75, 3.05) is 13.1 Å². The molecule has 3 rings (SSSR count). The van der Waals surface area contributed by atoms with E-state index in [2.05, 4.69) is 49.8 Å². The van der Waals surface area contributed by atoms with Gasteiger partial charge in [0.15, 0.2) is 0 Å². The van der Waals surface area contributed by atoms with Gasteiger partial charge in [0.2, 0.25) is 11.8 Å². The van der Waals surface area contributed by atoms with Crippen molar-refractivity contribution in [2.45, 2.75) is 70.4 Å². The predicted molar refractivity (Wildman–Crippen MR) is 150 cm³/mol. The molecule has 39 heavy (non-hydrogen) atoms. The molecule has 212 valence electrons. The Morgan fingerprint density at radius 1 is 0.923 bits per heavy atom. The second-order valence-electron chi connectivity index (χ2n) is 10.8. The summed E-state index contributed by atoms with van der Waals surface area (Å²) in [6.45, 7) is 14.3. The molecule has 2 fully saturated rings. The summed E-state index contributed by atoms with van der Waals surface area (Å²) in [7, 11) is 0. The van der Waals surface area contributed by atoms with Crippen LogP contribution in [0.15, 0.2) is 61.7 Å². The van der Waals surface area contributed by atoms with Gasteiger partial charge in [0, 0.05) is 13.1 Å². The minimum absolute atomic E-state index is 0.0911.